The molecule has 0 aliphatic carbocycles. The van der Waals surface area contributed by atoms with Gasteiger partial charge in [0.1, 0.15) is 23.1 Å². The number of H-pyrrole nitrogens is 1. The third-order valence-corrected chi connectivity index (χ3v) is 5.61. The lowest BCUT2D eigenvalue weighted by Crippen LogP contribution is -2.44. The van der Waals surface area contributed by atoms with Crippen LogP contribution in [0.5, 0.6) is 11.5 Å². The molecule has 0 aliphatic heterocycles. The third-order valence-electron chi connectivity index (χ3n) is 5.61. The summed E-state index contributed by atoms with van der Waals surface area (Å²) in [6, 6.07) is 8.45. The Morgan fingerprint density at radius 3 is 2.67 bits per heavy atom. The van der Waals surface area contributed by atoms with Crippen molar-refractivity contribution in [2.24, 2.45) is 0 Å². The maximum absolute atomic E-state index is 12.4. The first kappa shape index (κ1) is 21.9. The van der Waals surface area contributed by atoms with Crippen LogP contribution in [0.2, 0.25) is 0 Å². The van der Waals surface area contributed by atoms with E-state index in [1.807, 2.05) is 6.92 Å². The Labute approximate surface area is 187 Å². The highest BCUT2D eigenvalue weighted by atomic mass is 16.5. The summed E-state index contributed by atoms with van der Waals surface area (Å²) in [6.45, 7) is 3.09. The number of phenolic OH excluding ortho intramolecular Hbond substituents is 1. The standard InChI is InChI=1S/C24H22N2O7/c1-12-13(2)24(31)33-21-9-16(4-5-17(12)21)32-11-22(28)26-20(23(29)30)7-14-10-25-19-6-3-15(27)8-18(14)19/h3-6,8-10,20,25,27H,7,11H2,1-2H3,(H,26,28)(H,29,30)/t20-/m1/s1. The summed E-state index contributed by atoms with van der Waals surface area (Å²) in [5.41, 5.74) is 2.62. The highest BCUT2D eigenvalue weighted by molar-refractivity contribution is 5.88. The van der Waals surface area contributed by atoms with Crippen molar-refractivity contribution in [2.45, 2.75) is 26.3 Å². The lowest BCUT2D eigenvalue weighted by Gasteiger charge is -2.15. The number of carboxylic acids is 1. The van der Waals surface area contributed by atoms with Crippen LogP contribution < -0.4 is 15.7 Å². The molecule has 0 saturated heterocycles. The van der Waals surface area contributed by atoms with Gasteiger partial charge in [-0.05, 0) is 55.3 Å². The number of rotatable bonds is 7. The van der Waals surface area contributed by atoms with Crippen molar-refractivity contribution in [2.75, 3.05) is 6.61 Å². The largest absolute Gasteiger partial charge is 0.508 e. The summed E-state index contributed by atoms with van der Waals surface area (Å²) in [4.78, 5) is 39.0. The van der Waals surface area contributed by atoms with Crippen LogP contribution in [0.3, 0.4) is 0 Å². The molecule has 4 N–H and O–H groups in total. The number of carbonyl (C=O) groups excluding carboxylic acids is 1. The molecule has 2 aromatic carbocycles. The lowest BCUT2D eigenvalue weighted by atomic mass is 10.0. The van der Waals surface area contributed by atoms with Gasteiger partial charge in [0.05, 0.1) is 0 Å². The van der Waals surface area contributed by atoms with E-state index in [2.05, 4.69) is 10.3 Å². The molecule has 0 unspecified atom stereocenters. The van der Waals surface area contributed by atoms with Crippen LogP contribution in [0, 0.1) is 13.8 Å². The fourth-order valence-electron chi connectivity index (χ4n) is 3.66. The highest BCUT2D eigenvalue weighted by Gasteiger charge is 2.22. The monoisotopic (exact) mass is 450 g/mol. The number of carbonyl (C=O) groups is 2. The van der Waals surface area contributed by atoms with E-state index in [9.17, 15) is 24.6 Å². The zero-order chi connectivity index (χ0) is 23.7. The first-order valence-corrected chi connectivity index (χ1v) is 10.2. The molecule has 0 radical (unpaired) electrons. The zero-order valence-electron chi connectivity index (χ0n) is 18.0. The van der Waals surface area contributed by atoms with Crippen LogP contribution in [0.25, 0.3) is 21.9 Å². The van der Waals surface area contributed by atoms with E-state index in [0.717, 1.165) is 16.5 Å². The summed E-state index contributed by atoms with van der Waals surface area (Å²) in [7, 11) is 0. The number of hydrogen-bond donors (Lipinski definition) is 4. The molecule has 4 rings (SSSR count). The number of phenols is 1. The normalized spacial score (nSPS) is 12.1. The van der Waals surface area contributed by atoms with Gasteiger partial charge in [-0.25, -0.2) is 9.59 Å². The summed E-state index contributed by atoms with van der Waals surface area (Å²) < 4.78 is 10.8. The summed E-state index contributed by atoms with van der Waals surface area (Å²) in [5.74, 6) is -1.45. The first-order valence-electron chi connectivity index (χ1n) is 10.2. The second-order valence-electron chi connectivity index (χ2n) is 7.79. The van der Waals surface area contributed by atoms with E-state index >= 15 is 0 Å². The number of fused-ring (bicyclic) bond motifs is 2. The molecule has 0 bridgehead atoms. The van der Waals surface area contributed by atoms with Crippen LogP contribution >= 0.6 is 0 Å². The molecular formula is C24H22N2O7. The SMILES string of the molecule is Cc1c(C)c2ccc(OCC(=O)N[C@H](Cc3c[nH]c4ccc(O)cc34)C(=O)O)cc2oc1=O. The van der Waals surface area contributed by atoms with Crippen molar-refractivity contribution in [1.29, 1.82) is 0 Å². The number of ether oxygens (including phenoxy) is 1. The van der Waals surface area contributed by atoms with Crippen molar-refractivity contribution in [3.05, 3.63) is 69.7 Å². The molecule has 1 atom stereocenters. The number of aromatic amines is 1. The molecular weight excluding hydrogens is 428 g/mol. The molecule has 0 fully saturated rings. The summed E-state index contributed by atoms with van der Waals surface area (Å²) in [6.07, 6.45) is 1.67. The Hall–Kier alpha value is -4.27. The molecule has 170 valence electrons. The molecule has 4 aromatic rings. The van der Waals surface area contributed by atoms with Crippen LogP contribution in [0.4, 0.5) is 0 Å². The van der Waals surface area contributed by atoms with Gasteiger partial charge in [-0.1, -0.05) is 0 Å². The number of aromatic hydroxyl groups is 1. The Morgan fingerprint density at radius 2 is 1.91 bits per heavy atom. The van der Waals surface area contributed by atoms with Gasteiger partial charge >= 0.3 is 11.6 Å². The van der Waals surface area contributed by atoms with Gasteiger partial charge in [-0.2, -0.15) is 0 Å². The highest BCUT2D eigenvalue weighted by Crippen LogP contribution is 2.25. The van der Waals surface area contributed by atoms with Crippen LogP contribution in [0.15, 0.2) is 51.8 Å². The average molecular weight is 450 g/mol. The smallest absolute Gasteiger partial charge is 0.339 e. The van der Waals surface area contributed by atoms with Gasteiger partial charge in [0, 0.05) is 40.5 Å². The third kappa shape index (κ3) is 4.52. The van der Waals surface area contributed by atoms with Gasteiger partial charge < -0.3 is 29.7 Å². The fraction of sp³-hybridized carbons (Fsp3) is 0.208. The first-order chi connectivity index (χ1) is 15.7. The van der Waals surface area contributed by atoms with Gasteiger partial charge in [-0.15, -0.1) is 0 Å². The predicted octanol–water partition coefficient (Wildman–Crippen LogP) is 2.79. The van der Waals surface area contributed by atoms with E-state index in [4.69, 9.17) is 9.15 Å². The molecule has 2 aromatic heterocycles. The zero-order valence-corrected chi connectivity index (χ0v) is 18.0. The number of aryl methyl sites for hydroxylation is 1. The second-order valence-corrected chi connectivity index (χ2v) is 7.79. The quantitative estimate of drug-likeness (QED) is 0.317. The fourth-order valence-corrected chi connectivity index (χ4v) is 3.66. The second kappa shape index (κ2) is 8.70. The minimum absolute atomic E-state index is 0.0181. The van der Waals surface area contributed by atoms with Crippen molar-refractivity contribution in [3.63, 3.8) is 0 Å². The van der Waals surface area contributed by atoms with Crippen molar-refractivity contribution >= 4 is 33.7 Å². The maximum atomic E-state index is 12.4. The molecule has 1 amide bonds. The lowest BCUT2D eigenvalue weighted by molar-refractivity contribution is -0.142. The van der Waals surface area contributed by atoms with Gasteiger partial charge in [0.25, 0.3) is 5.91 Å². The molecule has 0 saturated carbocycles. The number of aromatic nitrogens is 1. The predicted molar refractivity (Wildman–Crippen MR) is 121 cm³/mol. The van der Waals surface area contributed by atoms with E-state index in [1.54, 1.807) is 31.3 Å². The number of amides is 1. The number of carboxylic acid groups (broad SMARTS) is 1. The Morgan fingerprint density at radius 1 is 1.12 bits per heavy atom. The van der Waals surface area contributed by atoms with E-state index in [0.29, 0.717) is 27.8 Å². The van der Waals surface area contributed by atoms with Crippen LogP contribution in [-0.4, -0.2) is 39.7 Å². The molecule has 9 heteroatoms. The topological polar surface area (TPSA) is 142 Å². The number of benzene rings is 2. The maximum Gasteiger partial charge on any atom is 0.339 e. The molecule has 9 nitrogen and oxygen atoms in total. The van der Waals surface area contributed by atoms with Crippen LogP contribution in [-0.2, 0) is 16.0 Å². The van der Waals surface area contributed by atoms with Gasteiger partial charge in [0.15, 0.2) is 6.61 Å². The minimum Gasteiger partial charge on any atom is -0.508 e. The molecule has 33 heavy (non-hydrogen) atoms. The van der Waals surface area contributed by atoms with Crippen molar-refractivity contribution < 1.29 is 29.0 Å². The number of hydrogen-bond acceptors (Lipinski definition) is 6. The number of aliphatic carboxylic acids is 1. The van der Waals surface area contributed by atoms with Crippen LogP contribution in [0.1, 0.15) is 16.7 Å². The molecule has 0 aliphatic rings. The minimum atomic E-state index is -1.20. The molecule has 0 spiro atoms. The van der Waals surface area contributed by atoms with Crippen molar-refractivity contribution in [3.8, 4) is 11.5 Å². The Kier molecular flexibility index (Phi) is 5.78. The van der Waals surface area contributed by atoms with E-state index in [-0.39, 0.29) is 12.2 Å². The Bertz CT molecular complexity index is 1430. The Balaban J connectivity index is 1.44. The van der Waals surface area contributed by atoms with E-state index < -0.39 is 30.2 Å². The number of nitrogens with one attached hydrogen (secondary N) is 2. The molecule has 2 heterocycles. The summed E-state index contributed by atoms with van der Waals surface area (Å²) in [5, 5.41) is 23.2. The van der Waals surface area contributed by atoms with Gasteiger partial charge in [0.2, 0.25) is 0 Å². The summed E-state index contributed by atoms with van der Waals surface area (Å²) >= 11 is 0. The average Bonchev–Trinajstić information content (AvgIpc) is 3.17. The van der Waals surface area contributed by atoms with Gasteiger partial charge in [-0.3, -0.25) is 4.79 Å². The van der Waals surface area contributed by atoms with Crippen molar-refractivity contribution in [1.82, 2.24) is 10.3 Å². The van der Waals surface area contributed by atoms with E-state index in [1.165, 1.54) is 18.2 Å².